The van der Waals surface area contributed by atoms with Crippen molar-refractivity contribution in [2.45, 2.75) is 0 Å². The Labute approximate surface area is 92.6 Å². The number of hydrogen-bond donors (Lipinski definition) is 1. The number of morpholine rings is 1. The molecule has 3 rings (SSSR count). The Hall–Kier alpha value is -1.82. The summed E-state index contributed by atoms with van der Waals surface area (Å²) < 4.78 is 7.13. The minimum Gasteiger partial charge on any atom is -0.384 e. The summed E-state index contributed by atoms with van der Waals surface area (Å²) >= 11 is 0. The number of hydrogen-bond acceptors (Lipinski definition) is 5. The number of nitrogen functional groups attached to an aromatic ring is 1. The summed E-state index contributed by atoms with van der Waals surface area (Å²) in [6, 6.07) is 3.70. The fourth-order valence-corrected chi connectivity index (χ4v) is 1.93. The van der Waals surface area contributed by atoms with E-state index in [1.807, 2.05) is 16.6 Å². The van der Waals surface area contributed by atoms with Crippen molar-refractivity contribution >= 4 is 17.3 Å². The maximum absolute atomic E-state index is 5.78. The van der Waals surface area contributed by atoms with Crippen LogP contribution < -0.4 is 10.6 Å². The second-order valence-corrected chi connectivity index (χ2v) is 3.74. The van der Waals surface area contributed by atoms with Crippen LogP contribution in [0.15, 0.2) is 18.3 Å². The Balaban J connectivity index is 2.09. The zero-order chi connectivity index (χ0) is 11.0. The summed E-state index contributed by atoms with van der Waals surface area (Å²) in [6.45, 7) is 3.20. The molecular formula is C10H13N5O. The maximum Gasteiger partial charge on any atom is 0.159 e. The summed E-state index contributed by atoms with van der Waals surface area (Å²) in [4.78, 5) is 6.42. The molecule has 2 N–H and O–H groups in total. The highest BCUT2D eigenvalue weighted by Crippen LogP contribution is 2.19. The quantitative estimate of drug-likeness (QED) is 0.739. The van der Waals surface area contributed by atoms with Gasteiger partial charge in [-0.25, -0.2) is 4.98 Å². The highest BCUT2D eigenvalue weighted by atomic mass is 16.5. The SMILES string of the molecule is Nc1cc(N2CCOCC2)n2nccc2n1. The first-order chi connectivity index (χ1) is 7.84. The molecule has 0 bridgehead atoms. The van der Waals surface area contributed by atoms with E-state index in [0.29, 0.717) is 5.82 Å². The highest BCUT2D eigenvalue weighted by molar-refractivity contribution is 5.56. The van der Waals surface area contributed by atoms with E-state index in [9.17, 15) is 0 Å². The Morgan fingerprint density at radius 2 is 2.12 bits per heavy atom. The summed E-state index contributed by atoms with van der Waals surface area (Å²) in [6.07, 6.45) is 1.73. The molecule has 2 aromatic rings. The van der Waals surface area contributed by atoms with E-state index in [-0.39, 0.29) is 0 Å². The molecule has 1 aliphatic rings. The van der Waals surface area contributed by atoms with Gasteiger partial charge in [0.25, 0.3) is 0 Å². The molecule has 0 saturated carbocycles. The van der Waals surface area contributed by atoms with Crippen molar-refractivity contribution in [3.8, 4) is 0 Å². The van der Waals surface area contributed by atoms with Crippen LogP contribution >= 0.6 is 0 Å². The molecule has 16 heavy (non-hydrogen) atoms. The standard InChI is InChI=1S/C10H13N5O/c11-8-7-10(14-3-5-16-6-4-14)15-9(13-8)1-2-12-15/h1-2,7H,3-6H2,(H2,11,13). The number of ether oxygens (including phenoxy) is 1. The van der Waals surface area contributed by atoms with Gasteiger partial charge >= 0.3 is 0 Å². The fraction of sp³-hybridized carbons (Fsp3) is 0.400. The van der Waals surface area contributed by atoms with E-state index in [1.165, 1.54) is 0 Å². The lowest BCUT2D eigenvalue weighted by Crippen LogP contribution is -2.37. The molecule has 1 fully saturated rings. The first kappa shape index (κ1) is 9.41. The van der Waals surface area contributed by atoms with E-state index >= 15 is 0 Å². The van der Waals surface area contributed by atoms with Crippen LogP contribution in [0.5, 0.6) is 0 Å². The lowest BCUT2D eigenvalue weighted by Gasteiger charge is -2.28. The van der Waals surface area contributed by atoms with Gasteiger partial charge in [0.05, 0.1) is 19.4 Å². The number of rotatable bonds is 1. The Morgan fingerprint density at radius 1 is 1.31 bits per heavy atom. The summed E-state index contributed by atoms with van der Waals surface area (Å²) in [5, 5.41) is 4.25. The van der Waals surface area contributed by atoms with Gasteiger partial charge in [0, 0.05) is 25.2 Å². The van der Waals surface area contributed by atoms with Gasteiger partial charge in [0.2, 0.25) is 0 Å². The molecule has 6 nitrogen and oxygen atoms in total. The van der Waals surface area contributed by atoms with Gasteiger partial charge in [-0.15, -0.1) is 0 Å². The van der Waals surface area contributed by atoms with E-state index in [4.69, 9.17) is 10.5 Å². The van der Waals surface area contributed by atoms with Gasteiger partial charge in [-0.05, 0) is 0 Å². The monoisotopic (exact) mass is 219 g/mol. The summed E-state index contributed by atoms with van der Waals surface area (Å²) in [7, 11) is 0. The summed E-state index contributed by atoms with van der Waals surface area (Å²) in [5.74, 6) is 1.50. The van der Waals surface area contributed by atoms with Crippen LogP contribution in [0, 0.1) is 0 Å². The smallest absolute Gasteiger partial charge is 0.159 e. The molecule has 0 amide bonds. The molecule has 0 aromatic carbocycles. The minimum absolute atomic E-state index is 0.523. The van der Waals surface area contributed by atoms with E-state index in [2.05, 4.69) is 15.0 Å². The normalized spacial score (nSPS) is 16.9. The van der Waals surface area contributed by atoms with Crippen LogP contribution in [0.4, 0.5) is 11.6 Å². The highest BCUT2D eigenvalue weighted by Gasteiger charge is 2.15. The number of anilines is 2. The first-order valence-electron chi connectivity index (χ1n) is 5.27. The van der Waals surface area contributed by atoms with Crippen LogP contribution in [0.25, 0.3) is 5.65 Å². The average molecular weight is 219 g/mol. The van der Waals surface area contributed by atoms with Gasteiger partial charge < -0.3 is 15.4 Å². The number of fused-ring (bicyclic) bond motifs is 1. The van der Waals surface area contributed by atoms with Crippen LogP contribution in [0.3, 0.4) is 0 Å². The third-order valence-electron chi connectivity index (χ3n) is 2.70. The fourth-order valence-electron chi connectivity index (χ4n) is 1.93. The van der Waals surface area contributed by atoms with Crippen molar-refractivity contribution < 1.29 is 4.74 Å². The Morgan fingerprint density at radius 3 is 2.94 bits per heavy atom. The van der Waals surface area contributed by atoms with Crippen molar-refractivity contribution in [3.05, 3.63) is 18.3 Å². The lowest BCUT2D eigenvalue weighted by molar-refractivity contribution is 0.122. The summed E-state index contributed by atoms with van der Waals surface area (Å²) in [5.41, 5.74) is 6.56. The third-order valence-corrected chi connectivity index (χ3v) is 2.70. The topological polar surface area (TPSA) is 68.7 Å². The van der Waals surface area contributed by atoms with E-state index < -0.39 is 0 Å². The Kier molecular flexibility index (Phi) is 2.14. The zero-order valence-corrected chi connectivity index (χ0v) is 8.83. The molecule has 1 saturated heterocycles. The van der Waals surface area contributed by atoms with Gasteiger partial charge in [0.1, 0.15) is 11.6 Å². The van der Waals surface area contributed by atoms with Gasteiger partial charge in [0.15, 0.2) is 5.65 Å². The van der Waals surface area contributed by atoms with Crippen molar-refractivity contribution in [1.29, 1.82) is 0 Å². The van der Waals surface area contributed by atoms with Crippen LogP contribution in [0.2, 0.25) is 0 Å². The van der Waals surface area contributed by atoms with Gasteiger partial charge in [-0.2, -0.15) is 9.61 Å². The van der Waals surface area contributed by atoms with Crippen molar-refractivity contribution in [3.63, 3.8) is 0 Å². The number of nitrogens with zero attached hydrogens (tertiary/aromatic N) is 4. The zero-order valence-electron chi connectivity index (χ0n) is 8.83. The predicted molar refractivity (Wildman–Crippen MR) is 60.4 cm³/mol. The Bertz CT molecular complexity index is 503. The number of aromatic nitrogens is 3. The molecule has 0 atom stereocenters. The van der Waals surface area contributed by atoms with Crippen LogP contribution in [-0.2, 0) is 4.74 Å². The van der Waals surface area contributed by atoms with Crippen LogP contribution in [-0.4, -0.2) is 40.9 Å². The maximum atomic E-state index is 5.78. The lowest BCUT2D eigenvalue weighted by atomic mass is 10.4. The van der Waals surface area contributed by atoms with Crippen molar-refractivity contribution in [2.24, 2.45) is 0 Å². The molecule has 0 spiro atoms. The van der Waals surface area contributed by atoms with Crippen molar-refractivity contribution in [2.75, 3.05) is 36.9 Å². The molecule has 0 unspecified atom stereocenters. The van der Waals surface area contributed by atoms with Gasteiger partial charge in [-0.1, -0.05) is 0 Å². The molecule has 0 radical (unpaired) electrons. The largest absolute Gasteiger partial charge is 0.384 e. The molecule has 2 aromatic heterocycles. The third kappa shape index (κ3) is 1.47. The average Bonchev–Trinajstić information content (AvgIpc) is 2.77. The van der Waals surface area contributed by atoms with E-state index in [1.54, 1.807) is 6.20 Å². The molecule has 84 valence electrons. The number of nitrogens with two attached hydrogens (primary N) is 1. The molecule has 0 aliphatic carbocycles. The van der Waals surface area contributed by atoms with Gasteiger partial charge in [-0.3, -0.25) is 0 Å². The molecule has 6 heteroatoms. The predicted octanol–water partition coefficient (Wildman–Crippen LogP) is 0.148. The second kappa shape index (κ2) is 3.64. The van der Waals surface area contributed by atoms with Crippen LogP contribution in [0.1, 0.15) is 0 Å². The molecular weight excluding hydrogens is 206 g/mol. The second-order valence-electron chi connectivity index (χ2n) is 3.74. The molecule has 1 aliphatic heterocycles. The minimum atomic E-state index is 0.523. The van der Waals surface area contributed by atoms with E-state index in [0.717, 1.165) is 37.8 Å². The first-order valence-corrected chi connectivity index (χ1v) is 5.27. The van der Waals surface area contributed by atoms with Crippen molar-refractivity contribution in [1.82, 2.24) is 14.6 Å². The molecule has 3 heterocycles.